The summed E-state index contributed by atoms with van der Waals surface area (Å²) in [4.78, 5) is 15.0. The Morgan fingerprint density at radius 2 is 1.88 bits per heavy atom. The van der Waals surface area contributed by atoms with E-state index in [1.54, 1.807) is 0 Å². The van der Waals surface area contributed by atoms with Crippen molar-refractivity contribution in [2.24, 2.45) is 0 Å². The summed E-state index contributed by atoms with van der Waals surface area (Å²) in [7, 11) is -3.90. The van der Waals surface area contributed by atoms with Crippen molar-refractivity contribution < 1.29 is 17.9 Å². The third-order valence-corrected chi connectivity index (χ3v) is 7.83. The van der Waals surface area contributed by atoms with Crippen molar-refractivity contribution in [1.29, 1.82) is 0 Å². The molecule has 182 valence electrons. The Bertz CT molecular complexity index is 1060. The highest BCUT2D eigenvalue weighted by molar-refractivity contribution is 7.89. The molecule has 0 unspecified atom stereocenters. The first kappa shape index (κ1) is 25.2. The number of amides is 1. The van der Waals surface area contributed by atoms with Crippen molar-refractivity contribution in [3.63, 3.8) is 0 Å². The smallest absolute Gasteiger partial charge is 0.263 e. The van der Waals surface area contributed by atoms with Crippen molar-refractivity contribution in [2.45, 2.75) is 45.7 Å². The van der Waals surface area contributed by atoms with E-state index in [-0.39, 0.29) is 10.6 Å². The molecular weight excluding hydrogens is 442 g/mol. The number of hydrogen-bond acceptors (Lipinski definition) is 6. The van der Waals surface area contributed by atoms with Gasteiger partial charge in [-0.2, -0.15) is 9.40 Å². The van der Waals surface area contributed by atoms with E-state index in [2.05, 4.69) is 41.3 Å². The molecule has 33 heavy (non-hydrogen) atoms. The Morgan fingerprint density at radius 1 is 1.15 bits per heavy atom. The highest BCUT2D eigenvalue weighted by Gasteiger charge is 2.34. The van der Waals surface area contributed by atoms with E-state index in [0.29, 0.717) is 58.9 Å². The van der Waals surface area contributed by atoms with Gasteiger partial charge in [0.2, 0.25) is 5.03 Å². The Labute approximate surface area is 196 Å². The van der Waals surface area contributed by atoms with E-state index >= 15 is 0 Å². The van der Waals surface area contributed by atoms with Gasteiger partial charge in [0.25, 0.3) is 15.9 Å². The molecule has 1 aromatic carbocycles. The number of ether oxygens (including phenoxy) is 1. The second-order valence-corrected chi connectivity index (χ2v) is 9.97. The predicted molar refractivity (Wildman–Crippen MR) is 128 cm³/mol. The third-order valence-electron chi connectivity index (χ3n) is 5.99. The van der Waals surface area contributed by atoms with Gasteiger partial charge in [-0.3, -0.25) is 9.48 Å². The molecule has 0 saturated carbocycles. The minimum absolute atomic E-state index is 0.0882. The summed E-state index contributed by atoms with van der Waals surface area (Å²) in [5.41, 5.74) is 3.64. The van der Waals surface area contributed by atoms with Crippen LogP contribution in [0.1, 0.15) is 41.8 Å². The van der Waals surface area contributed by atoms with E-state index in [1.165, 1.54) is 26.3 Å². The molecule has 0 bridgehead atoms. The lowest BCUT2D eigenvalue weighted by molar-refractivity contribution is 0.0940. The van der Waals surface area contributed by atoms with Gasteiger partial charge in [-0.05, 0) is 51.3 Å². The molecule has 2 heterocycles. The van der Waals surface area contributed by atoms with Crippen molar-refractivity contribution in [2.75, 3.05) is 50.8 Å². The SMILES string of the molecule is CCOCCCNC(=O)c1cn(CC)nc1S(=O)(=O)N1CCN(c2cccc(C)c2C)CC1. The maximum Gasteiger partial charge on any atom is 0.263 e. The Hall–Kier alpha value is -2.43. The number of sulfonamides is 1. The fourth-order valence-corrected chi connectivity index (χ4v) is 5.42. The lowest BCUT2D eigenvalue weighted by atomic mass is 10.1. The zero-order valence-electron chi connectivity index (χ0n) is 20.0. The molecule has 1 N–H and O–H groups in total. The van der Waals surface area contributed by atoms with Crippen LogP contribution in [-0.4, -0.2) is 74.3 Å². The quantitative estimate of drug-likeness (QED) is 0.527. The number of carbonyl (C=O) groups excluding carboxylic acids is 1. The van der Waals surface area contributed by atoms with E-state index in [1.807, 2.05) is 19.9 Å². The molecule has 1 aliphatic heterocycles. The van der Waals surface area contributed by atoms with Gasteiger partial charge in [0.15, 0.2) is 0 Å². The van der Waals surface area contributed by atoms with E-state index in [4.69, 9.17) is 4.74 Å². The zero-order chi connectivity index (χ0) is 24.0. The molecule has 0 aliphatic carbocycles. The third kappa shape index (κ3) is 5.74. The summed E-state index contributed by atoms with van der Waals surface area (Å²) in [6.45, 7) is 11.8. The number of aryl methyl sites for hydroxylation is 2. The molecular formula is C23H35N5O4S. The number of hydrogen-bond donors (Lipinski definition) is 1. The normalized spacial score (nSPS) is 15.1. The number of nitrogens with one attached hydrogen (secondary N) is 1. The fourth-order valence-electron chi connectivity index (χ4n) is 3.90. The van der Waals surface area contributed by atoms with E-state index in [9.17, 15) is 13.2 Å². The molecule has 0 atom stereocenters. The minimum atomic E-state index is -3.90. The van der Waals surface area contributed by atoms with Crippen molar-refractivity contribution in [1.82, 2.24) is 19.4 Å². The number of carbonyl (C=O) groups is 1. The van der Waals surface area contributed by atoms with Gasteiger partial charge in [-0.15, -0.1) is 0 Å². The van der Waals surface area contributed by atoms with Crippen molar-refractivity contribution in [3.8, 4) is 0 Å². The fraction of sp³-hybridized carbons (Fsp3) is 0.565. The largest absolute Gasteiger partial charge is 0.382 e. The van der Waals surface area contributed by atoms with Crippen LogP contribution in [0, 0.1) is 13.8 Å². The monoisotopic (exact) mass is 477 g/mol. The topological polar surface area (TPSA) is 96.8 Å². The Balaban J connectivity index is 1.73. The van der Waals surface area contributed by atoms with Crippen LogP contribution in [0.3, 0.4) is 0 Å². The highest BCUT2D eigenvalue weighted by Crippen LogP contribution is 2.26. The second-order valence-electron chi connectivity index (χ2n) is 8.12. The number of aromatic nitrogens is 2. The summed E-state index contributed by atoms with van der Waals surface area (Å²) in [5.74, 6) is -0.432. The zero-order valence-corrected chi connectivity index (χ0v) is 20.8. The summed E-state index contributed by atoms with van der Waals surface area (Å²) in [6, 6.07) is 6.17. The molecule has 1 fully saturated rings. The molecule has 2 aromatic rings. The van der Waals surface area contributed by atoms with Crippen molar-refractivity contribution >= 4 is 21.6 Å². The van der Waals surface area contributed by atoms with Gasteiger partial charge in [0.1, 0.15) is 0 Å². The van der Waals surface area contributed by atoms with Crippen LogP contribution in [0.15, 0.2) is 29.4 Å². The predicted octanol–water partition coefficient (Wildman–Crippen LogP) is 2.19. The number of anilines is 1. The number of benzene rings is 1. The average molecular weight is 478 g/mol. The highest BCUT2D eigenvalue weighted by atomic mass is 32.2. The Kier molecular flexibility index (Phi) is 8.50. The molecule has 0 spiro atoms. The summed E-state index contributed by atoms with van der Waals surface area (Å²) in [5, 5.41) is 6.86. The summed E-state index contributed by atoms with van der Waals surface area (Å²) in [6.07, 6.45) is 2.17. The standard InChI is InChI=1S/C23H35N5O4S/c1-5-27-17-20(22(29)24-11-8-16-32-6-2)23(25-27)33(30,31)28-14-12-26(13-15-28)21-10-7-9-18(3)19(21)4/h7,9-10,17H,5-6,8,11-16H2,1-4H3,(H,24,29). The van der Waals surface area contributed by atoms with Crippen LogP contribution in [-0.2, 0) is 21.3 Å². The molecule has 1 amide bonds. The second kappa shape index (κ2) is 11.1. The van der Waals surface area contributed by atoms with Crippen LogP contribution in [0.25, 0.3) is 0 Å². The molecule has 3 rings (SSSR count). The summed E-state index contributed by atoms with van der Waals surface area (Å²) >= 11 is 0. The molecule has 9 nitrogen and oxygen atoms in total. The first-order chi connectivity index (χ1) is 15.8. The van der Waals surface area contributed by atoms with Crippen LogP contribution in [0.5, 0.6) is 0 Å². The maximum absolute atomic E-state index is 13.5. The van der Waals surface area contributed by atoms with Gasteiger partial charge in [-0.25, -0.2) is 8.42 Å². The molecule has 0 radical (unpaired) electrons. The van der Waals surface area contributed by atoms with Gasteiger partial charge < -0.3 is 15.0 Å². The first-order valence-electron chi connectivity index (χ1n) is 11.5. The number of piperazine rings is 1. The lowest BCUT2D eigenvalue weighted by Crippen LogP contribution is -2.49. The average Bonchev–Trinajstić information content (AvgIpc) is 3.26. The molecule has 1 saturated heterocycles. The molecule has 1 aliphatic rings. The molecule has 1 aromatic heterocycles. The van der Waals surface area contributed by atoms with Crippen LogP contribution in [0.2, 0.25) is 0 Å². The lowest BCUT2D eigenvalue weighted by Gasteiger charge is -2.36. The Morgan fingerprint density at radius 3 is 2.55 bits per heavy atom. The van der Waals surface area contributed by atoms with Gasteiger partial charge in [0.05, 0.1) is 5.56 Å². The number of nitrogens with zero attached hydrogens (tertiary/aromatic N) is 4. The van der Waals surface area contributed by atoms with Crippen LogP contribution in [0.4, 0.5) is 5.69 Å². The van der Waals surface area contributed by atoms with Gasteiger partial charge in [-0.1, -0.05) is 12.1 Å². The maximum atomic E-state index is 13.5. The van der Waals surface area contributed by atoms with Crippen LogP contribution < -0.4 is 10.2 Å². The molecule has 10 heteroatoms. The van der Waals surface area contributed by atoms with Crippen molar-refractivity contribution in [3.05, 3.63) is 41.1 Å². The van der Waals surface area contributed by atoms with Crippen LogP contribution >= 0.6 is 0 Å². The van der Waals surface area contributed by atoms with Gasteiger partial charge in [0, 0.05) is 64.4 Å². The minimum Gasteiger partial charge on any atom is -0.382 e. The summed E-state index contributed by atoms with van der Waals surface area (Å²) < 4.78 is 35.1. The first-order valence-corrected chi connectivity index (χ1v) is 13.0. The van der Waals surface area contributed by atoms with E-state index in [0.717, 1.165) is 5.69 Å². The van der Waals surface area contributed by atoms with Gasteiger partial charge >= 0.3 is 0 Å². The van der Waals surface area contributed by atoms with E-state index < -0.39 is 15.9 Å². The number of rotatable bonds is 10.